The third kappa shape index (κ3) is 9.62. The molecule has 2 aliphatic carbocycles. The van der Waals surface area contributed by atoms with Crippen LogP contribution in [0.25, 0.3) is 0 Å². The van der Waals surface area contributed by atoms with Crippen molar-refractivity contribution in [3.8, 4) is 0 Å². The molecule has 44 heavy (non-hydrogen) atoms. The van der Waals surface area contributed by atoms with Crippen molar-refractivity contribution >= 4 is 21.7 Å². The van der Waals surface area contributed by atoms with Crippen molar-refractivity contribution in [2.75, 3.05) is 5.75 Å². The SMILES string of the molecule is CC(C)(C)S(=O)(=O)C[C@H](Cc1ccccc1)C(=O)NC(Cc1cnc[nH]1)C(=O)N[C@@H](CC1CCCCC1)[C@@H](O)[C@@H](O)C1CC1. The lowest BCUT2D eigenvalue weighted by molar-refractivity contribution is -0.132. The second-order valence-corrected chi connectivity index (χ2v) is 16.6. The van der Waals surface area contributed by atoms with E-state index in [9.17, 15) is 28.2 Å². The summed E-state index contributed by atoms with van der Waals surface area (Å²) in [6.07, 6.45) is 8.94. The first-order chi connectivity index (χ1) is 20.8. The van der Waals surface area contributed by atoms with Gasteiger partial charge in [0.25, 0.3) is 0 Å². The van der Waals surface area contributed by atoms with E-state index in [4.69, 9.17) is 0 Å². The van der Waals surface area contributed by atoms with Crippen LogP contribution in [0.3, 0.4) is 0 Å². The maximum absolute atomic E-state index is 13.9. The van der Waals surface area contributed by atoms with Gasteiger partial charge in [0.2, 0.25) is 11.8 Å². The Bertz CT molecular complexity index is 1300. The molecule has 11 heteroatoms. The minimum absolute atomic E-state index is 0.0276. The fraction of sp³-hybridized carbons (Fsp3) is 0.667. The van der Waals surface area contributed by atoms with Crippen LogP contribution in [0.5, 0.6) is 0 Å². The van der Waals surface area contributed by atoms with Gasteiger partial charge in [-0.25, -0.2) is 13.4 Å². The topological polar surface area (TPSA) is 161 Å². The van der Waals surface area contributed by atoms with E-state index >= 15 is 0 Å². The van der Waals surface area contributed by atoms with Crippen LogP contribution in [0.2, 0.25) is 0 Å². The number of carbonyl (C=O) groups excluding carboxylic acids is 2. The van der Waals surface area contributed by atoms with Gasteiger partial charge in [-0.05, 0) is 63.9 Å². The molecular formula is C33H50N4O6S. The number of aliphatic hydroxyl groups is 2. The van der Waals surface area contributed by atoms with Crippen molar-refractivity contribution in [3.63, 3.8) is 0 Å². The first-order valence-electron chi connectivity index (χ1n) is 16.0. The predicted octanol–water partition coefficient (Wildman–Crippen LogP) is 3.10. The van der Waals surface area contributed by atoms with E-state index in [2.05, 4.69) is 20.6 Å². The molecule has 10 nitrogen and oxygen atoms in total. The van der Waals surface area contributed by atoms with Crippen molar-refractivity contribution in [1.82, 2.24) is 20.6 Å². The third-order valence-corrected chi connectivity index (χ3v) is 11.9. The molecular weight excluding hydrogens is 580 g/mol. The number of sulfone groups is 1. The number of imidazole rings is 1. The first kappa shape index (κ1) is 34.1. The standard InChI is InChI=1S/C33H50N4O6S/c1-33(2,3)44(42,43)20-25(16-22-10-6-4-7-11-22)31(40)37-28(18-26-19-34-21-35-26)32(41)36-27(17-23-12-8-5-9-13-23)30(39)29(38)24-14-15-24/h4,6-7,10-11,19,21,23-25,27-30,38-39H,5,8-9,12-18,20H2,1-3H3,(H,34,35)(H,36,41)(H,37,40)/t25-,27-,28?,29-,30+/m0/s1. The van der Waals surface area contributed by atoms with Gasteiger partial charge in [0.1, 0.15) is 12.1 Å². The van der Waals surface area contributed by atoms with Crippen molar-refractivity contribution in [2.45, 2.75) is 114 Å². The van der Waals surface area contributed by atoms with E-state index in [-0.39, 0.29) is 24.5 Å². The summed E-state index contributed by atoms with van der Waals surface area (Å²) in [7, 11) is -3.66. The van der Waals surface area contributed by atoms with Gasteiger partial charge in [-0.1, -0.05) is 62.4 Å². The molecule has 5 N–H and O–H groups in total. The largest absolute Gasteiger partial charge is 0.390 e. The zero-order valence-electron chi connectivity index (χ0n) is 26.2. The molecule has 1 heterocycles. The van der Waals surface area contributed by atoms with E-state index in [1.165, 1.54) is 12.7 Å². The number of nitrogens with one attached hydrogen (secondary N) is 3. The lowest BCUT2D eigenvalue weighted by atomic mass is 9.82. The van der Waals surface area contributed by atoms with Crippen LogP contribution in [-0.2, 0) is 32.3 Å². The fourth-order valence-corrected chi connectivity index (χ4v) is 7.36. The van der Waals surface area contributed by atoms with Gasteiger partial charge in [0.05, 0.1) is 34.9 Å². The van der Waals surface area contributed by atoms with Gasteiger partial charge >= 0.3 is 0 Å². The van der Waals surface area contributed by atoms with Crippen molar-refractivity contribution in [1.29, 1.82) is 0 Å². The van der Waals surface area contributed by atoms with Crippen LogP contribution in [0, 0.1) is 17.8 Å². The Morgan fingerprint density at radius 3 is 2.25 bits per heavy atom. The fourth-order valence-electron chi connectivity index (χ4n) is 6.06. The Morgan fingerprint density at radius 1 is 0.977 bits per heavy atom. The molecule has 0 spiro atoms. The van der Waals surface area contributed by atoms with Crippen LogP contribution in [-0.4, -0.2) is 75.2 Å². The number of hydrogen-bond acceptors (Lipinski definition) is 7. The van der Waals surface area contributed by atoms with Crippen LogP contribution in [0.15, 0.2) is 42.9 Å². The summed E-state index contributed by atoms with van der Waals surface area (Å²) >= 11 is 0. The molecule has 2 aromatic rings. The monoisotopic (exact) mass is 630 g/mol. The minimum Gasteiger partial charge on any atom is -0.390 e. The molecule has 2 amide bonds. The number of aromatic amines is 1. The Kier molecular flexibility index (Phi) is 11.6. The van der Waals surface area contributed by atoms with Crippen LogP contribution >= 0.6 is 0 Å². The Balaban J connectivity index is 1.56. The molecule has 0 aliphatic heterocycles. The highest BCUT2D eigenvalue weighted by atomic mass is 32.2. The summed E-state index contributed by atoms with van der Waals surface area (Å²) in [6, 6.07) is 7.49. The second-order valence-electron chi connectivity index (χ2n) is 13.8. The molecule has 5 atom stereocenters. The summed E-state index contributed by atoms with van der Waals surface area (Å²) in [5, 5.41) is 27.9. The molecule has 0 radical (unpaired) electrons. The summed E-state index contributed by atoms with van der Waals surface area (Å²) in [6.45, 7) is 4.84. The van der Waals surface area contributed by atoms with E-state index in [0.717, 1.165) is 44.1 Å². The Hall–Kier alpha value is -2.76. The number of benzene rings is 1. The van der Waals surface area contributed by atoms with Crippen LogP contribution in [0.4, 0.5) is 0 Å². The smallest absolute Gasteiger partial charge is 0.243 e. The zero-order chi connectivity index (χ0) is 31.9. The molecule has 1 aromatic carbocycles. The van der Waals surface area contributed by atoms with Crippen molar-refractivity contribution in [2.24, 2.45) is 17.8 Å². The number of rotatable bonds is 15. The minimum atomic E-state index is -3.66. The number of carbonyl (C=O) groups is 2. The number of aromatic nitrogens is 2. The van der Waals surface area contributed by atoms with E-state index in [1.807, 2.05) is 30.3 Å². The molecule has 2 aliphatic rings. The molecule has 1 unspecified atom stereocenters. The zero-order valence-corrected chi connectivity index (χ0v) is 27.1. The number of aliphatic hydroxyl groups excluding tert-OH is 2. The number of nitrogens with zero attached hydrogens (tertiary/aromatic N) is 1. The number of hydrogen-bond donors (Lipinski definition) is 5. The van der Waals surface area contributed by atoms with Gasteiger partial charge in [0.15, 0.2) is 9.84 Å². The highest BCUT2D eigenvalue weighted by molar-refractivity contribution is 7.92. The highest BCUT2D eigenvalue weighted by Gasteiger charge is 2.41. The van der Waals surface area contributed by atoms with Gasteiger partial charge in [0, 0.05) is 18.3 Å². The van der Waals surface area contributed by atoms with Gasteiger partial charge < -0.3 is 25.8 Å². The molecule has 0 saturated heterocycles. The molecule has 4 rings (SSSR count). The number of H-pyrrole nitrogens is 1. The summed E-state index contributed by atoms with van der Waals surface area (Å²) < 4.78 is 25.4. The van der Waals surface area contributed by atoms with Crippen molar-refractivity contribution < 1.29 is 28.2 Å². The average Bonchev–Trinajstić information content (AvgIpc) is 3.71. The Labute approximate surface area is 261 Å². The predicted molar refractivity (Wildman–Crippen MR) is 169 cm³/mol. The van der Waals surface area contributed by atoms with Gasteiger partial charge in [-0.3, -0.25) is 9.59 Å². The van der Waals surface area contributed by atoms with E-state index in [1.54, 1.807) is 27.0 Å². The lowest BCUT2D eigenvalue weighted by Gasteiger charge is -2.33. The van der Waals surface area contributed by atoms with Crippen LogP contribution in [0.1, 0.15) is 83.4 Å². The third-order valence-electron chi connectivity index (χ3n) is 9.17. The summed E-state index contributed by atoms with van der Waals surface area (Å²) in [5.74, 6) is -1.98. The lowest BCUT2D eigenvalue weighted by Crippen LogP contribution is -2.57. The maximum Gasteiger partial charge on any atom is 0.243 e. The first-order valence-corrected chi connectivity index (χ1v) is 17.7. The van der Waals surface area contributed by atoms with E-state index in [0.29, 0.717) is 18.0 Å². The molecule has 0 bridgehead atoms. The molecule has 244 valence electrons. The second kappa shape index (κ2) is 15.0. The quantitative estimate of drug-likeness (QED) is 0.202. The normalized spacial score (nSPS) is 19.8. The van der Waals surface area contributed by atoms with Crippen molar-refractivity contribution in [3.05, 3.63) is 54.1 Å². The average molecular weight is 631 g/mol. The molecule has 1 aromatic heterocycles. The van der Waals surface area contributed by atoms with Gasteiger partial charge in [-0.15, -0.1) is 0 Å². The Morgan fingerprint density at radius 2 is 1.66 bits per heavy atom. The molecule has 2 fully saturated rings. The summed E-state index contributed by atoms with van der Waals surface area (Å²) in [4.78, 5) is 34.8. The number of amides is 2. The van der Waals surface area contributed by atoms with E-state index < -0.39 is 56.6 Å². The maximum atomic E-state index is 13.9. The van der Waals surface area contributed by atoms with Gasteiger partial charge in [-0.2, -0.15) is 0 Å². The summed E-state index contributed by atoms with van der Waals surface area (Å²) in [5.41, 5.74) is 1.44. The van der Waals surface area contributed by atoms with Crippen LogP contribution < -0.4 is 10.6 Å². The molecule has 2 saturated carbocycles. The highest BCUT2D eigenvalue weighted by Crippen LogP contribution is 2.36.